The van der Waals surface area contributed by atoms with Gasteiger partial charge in [-0.15, -0.1) is 10.2 Å². The molecule has 1 amide bonds. The predicted octanol–water partition coefficient (Wildman–Crippen LogP) is 5.43. The molecule has 0 aliphatic heterocycles. The number of aryl methyl sites for hydroxylation is 2. The number of nitrogens with zero attached hydrogens (tertiary/aromatic N) is 3. The van der Waals surface area contributed by atoms with Crippen LogP contribution in [0.25, 0.3) is 17.1 Å². The average molecular weight is 463 g/mol. The number of halogens is 1. The van der Waals surface area contributed by atoms with Crippen molar-refractivity contribution in [3.8, 4) is 22.8 Å². The van der Waals surface area contributed by atoms with E-state index in [1.165, 1.54) is 17.8 Å². The number of nitrogens with one attached hydrogen (secondary N) is 1. The Balaban J connectivity index is 1.59. The highest BCUT2D eigenvalue weighted by Crippen LogP contribution is 2.29. The molecular weight excluding hydrogens is 439 g/mol. The van der Waals surface area contributed by atoms with E-state index in [4.69, 9.17) is 4.74 Å². The second kappa shape index (κ2) is 9.87. The zero-order valence-corrected chi connectivity index (χ0v) is 19.3. The number of thioether (sulfide) groups is 1. The van der Waals surface area contributed by atoms with Crippen LogP contribution in [0.2, 0.25) is 0 Å². The van der Waals surface area contributed by atoms with Crippen LogP contribution in [-0.4, -0.2) is 33.5 Å². The largest absolute Gasteiger partial charge is 0.497 e. The third-order valence-electron chi connectivity index (χ3n) is 5.06. The zero-order chi connectivity index (χ0) is 23.4. The molecule has 168 valence electrons. The number of amides is 1. The molecule has 0 unspecified atom stereocenters. The number of benzene rings is 3. The van der Waals surface area contributed by atoms with E-state index in [1.807, 2.05) is 60.0 Å². The summed E-state index contributed by atoms with van der Waals surface area (Å²) in [6, 6.07) is 20.2. The van der Waals surface area contributed by atoms with Gasteiger partial charge in [0.05, 0.1) is 12.9 Å². The Morgan fingerprint density at radius 1 is 1.03 bits per heavy atom. The van der Waals surface area contributed by atoms with Crippen molar-refractivity contribution in [3.63, 3.8) is 0 Å². The van der Waals surface area contributed by atoms with Crippen LogP contribution in [0.3, 0.4) is 0 Å². The van der Waals surface area contributed by atoms with Crippen molar-refractivity contribution in [1.82, 2.24) is 14.8 Å². The Morgan fingerprint density at radius 3 is 2.42 bits per heavy atom. The molecule has 4 rings (SSSR count). The monoisotopic (exact) mass is 462 g/mol. The number of aromatic nitrogens is 3. The summed E-state index contributed by atoms with van der Waals surface area (Å²) in [5.74, 6) is 0.891. The molecular formula is C25H23FN4O2S. The number of carbonyl (C=O) groups excluding carboxylic acids is 1. The molecule has 4 aromatic rings. The lowest BCUT2D eigenvalue weighted by Gasteiger charge is -2.11. The summed E-state index contributed by atoms with van der Waals surface area (Å²) in [7, 11) is 1.62. The third-order valence-corrected chi connectivity index (χ3v) is 5.99. The van der Waals surface area contributed by atoms with Crippen LogP contribution in [0, 0.1) is 19.7 Å². The molecule has 0 fully saturated rings. The molecule has 1 heterocycles. The van der Waals surface area contributed by atoms with Crippen molar-refractivity contribution in [2.75, 3.05) is 18.2 Å². The Bertz CT molecular complexity index is 1270. The first kappa shape index (κ1) is 22.5. The normalized spacial score (nSPS) is 10.8. The van der Waals surface area contributed by atoms with Gasteiger partial charge in [0.25, 0.3) is 0 Å². The summed E-state index contributed by atoms with van der Waals surface area (Å²) >= 11 is 1.26. The molecule has 0 aliphatic carbocycles. The fourth-order valence-electron chi connectivity index (χ4n) is 3.21. The Hall–Kier alpha value is -3.65. The van der Waals surface area contributed by atoms with Gasteiger partial charge < -0.3 is 10.1 Å². The number of methoxy groups -OCH3 is 1. The van der Waals surface area contributed by atoms with Gasteiger partial charge in [0, 0.05) is 16.9 Å². The van der Waals surface area contributed by atoms with Crippen LogP contribution < -0.4 is 10.1 Å². The Kier molecular flexibility index (Phi) is 6.74. The maximum atomic E-state index is 13.8. The van der Waals surface area contributed by atoms with Crippen molar-refractivity contribution in [3.05, 3.63) is 83.7 Å². The number of hydrogen-bond acceptors (Lipinski definition) is 5. The molecule has 8 heteroatoms. The van der Waals surface area contributed by atoms with Gasteiger partial charge in [0.15, 0.2) is 11.0 Å². The van der Waals surface area contributed by atoms with Crippen molar-refractivity contribution in [1.29, 1.82) is 0 Å². The molecule has 0 aliphatic rings. The molecule has 0 saturated heterocycles. The minimum Gasteiger partial charge on any atom is -0.497 e. The summed E-state index contributed by atoms with van der Waals surface area (Å²) in [6.07, 6.45) is 0. The maximum absolute atomic E-state index is 13.8. The number of rotatable bonds is 7. The lowest BCUT2D eigenvalue weighted by molar-refractivity contribution is -0.113. The topological polar surface area (TPSA) is 69.0 Å². The lowest BCUT2D eigenvalue weighted by Crippen LogP contribution is -2.14. The van der Waals surface area contributed by atoms with Gasteiger partial charge >= 0.3 is 0 Å². The zero-order valence-electron chi connectivity index (χ0n) is 18.5. The molecule has 0 radical (unpaired) electrons. The fourth-order valence-corrected chi connectivity index (χ4v) is 3.97. The Morgan fingerprint density at radius 2 is 1.76 bits per heavy atom. The molecule has 6 nitrogen and oxygen atoms in total. The average Bonchev–Trinajstić information content (AvgIpc) is 3.24. The lowest BCUT2D eigenvalue weighted by atomic mass is 10.2. The van der Waals surface area contributed by atoms with E-state index in [9.17, 15) is 9.18 Å². The number of anilines is 1. The molecule has 1 aromatic heterocycles. The smallest absolute Gasteiger partial charge is 0.234 e. The van der Waals surface area contributed by atoms with Gasteiger partial charge in [-0.1, -0.05) is 35.5 Å². The Labute approximate surface area is 195 Å². The first-order valence-corrected chi connectivity index (χ1v) is 11.3. The van der Waals surface area contributed by atoms with Crippen molar-refractivity contribution in [2.24, 2.45) is 0 Å². The van der Waals surface area contributed by atoms with Gasteiger partial charge in [-0.05, 0) is 67.9 Å². The highest BCUT2D eigenvalue weighted by Gasteiger charge is 2.17. The first-order valence-electron chi connectivity index (χ1n) is 10.3. The van der Waals surface area contributed by atoms with E-state index >= 15 is 0 Å². The van der Waals surface area contributed by atoms with E-state index in [0.29, 0.717) is 22.2 Å². The summed E-state index contributed by atoms with van der Waals surface area (Å²) in [6.45, 7) is 3.70. The standard InChI is InChI=1S/C25H23FN4O2S/c1-16-4-10-20(11-5-16)30-24(18-7-12-21(32-3)13-8-18)28-29-25(30)33-15-23(31)27-19-9-6-17(2)22(26)14-19/h4-14H,15H2,1-3H3,(H,27,31). The van der Waals surface area contributed by atoms with E-state index < -0.39 is 0 Å². The van der Waals surface area contributed by atoms with Crippen LogP contribution in [0.5, 0.6) is 5.75 Å². The van der Waals surface area contributed by atoms with Crippen molar-refractivity contribution in [2.45, 2.75) is 19.0 Å². The van der Waals surface area contributed by atoms with Crippen LogP contribution in [0.15, 0.2) is 71.9 Å². The van der Waals surface area contributed by atoms with E-state index in [0.717, 1.165) is 22.6 Å². The maximum Gasteiger partial charge on any atom is 0.234 e. The molecule has 3 aromatic carbocycles. The number of ether oxygens (including phenoxy) is 1. The predicted molar refractivity (Wildman–Crippen MR) is 129 cm³/mol. The van der Waals surface area contributed by atoms with E-state index in [2.05, 4.69) is 15.5 Å². The summed E-state index contributed by atoms with van der Waals surface area (Å²) in [5, 5.41) is 12.0. The molecule has 1 N–H and O–H groups in total. The van der Waals surface area contributed by atoms with Crippen LogP contribution >= 0.6 is 11.8 Å². The van der Waals surface area contributed by atoms with E-state index in [1.54, 1.807) is 26.2 Å². The summed E-state index contributed by atoms with van der Waals surface area (Å²) in [4.78, 5) is 12.5. The fraction of sp³-hybridized carbons (Fsp3) is 0.160. The second-order valence-electron chi connectivity index (χ2n) is 7.51. The second-order valence-corrected chi connectivity index (χ2v) is 8.45. The van der Waals surface area contributed by atoms with Gasteiger partial charge in [-0.25, -0.2) is 4.39 Å². The quantitative estimate of drug-likeness (QED) is 0.371. The van der Waals surface area contributed by atoms with Crippen molar-refractivity contribution < 1.29 is 13.9 Å². The summed E-state index contributed by atoms with van der Waals surface area (Å²) in [5.41, 5.74) is 3.84. The first-order chi connectivity index (χ1) is 15.9. The highest BCUT2D eigenvalue weighted by atomic mass is 32.2. The molecule has 0 atom stereocenters. The summed E-state index contributed by atoms with van der Waals surface area (Å²) < 4.78 is 20.9. The molecule has 0 spiro atoms. The number of carbonyl (C=O) groups is 1. The molecule has 0 bridgehead atoms. The van der Waals surface area contributed by atoms with Crippen LogP contribution in [-0.2, 0) is 4.79 Å². The van der Waals surface area contributed by atoms with Crippen LogP contribution in [0.4, 0.5) is 10.1 Å². The molecule has 0 saturated carbocycles. The number of hydrogen-bond donors (Lipinski definition) is 1. The minimum atomic E-state index is -0.358. The van der Waals surface area contributed by atoms with Gasteiger partial charge in [-0.3, -0.25) is 9.36 Å². The van der Waals surface area contributed by atoms with Crippen LogP contribution in [0.1, 0.15) is 11.1 Å². The molecule has 33 heavy (non-hydrogen) atoms. The van der Waals surface area contributed by atoms with Gasteiger partial charge in [0.1, 0.15) is 11.6 Å². The SMILES string of the molecule is COc1ccc(-c2nnc(SCC(=O)Nc3ccc(C)c(F)c3)n2-c2ccc(C)cc2)cc1. The highest BCUT2D eigenvalue weighted by molar-refractivity contribution is 7.99. The third kappa shape index (κ3) is 5.23. The van der Waals surface area contributed by atoms with E-state index in [-0.39, 0.29) is 17.5 Å². The van der Waals surface area contributed by atoms with Crippen molar-refractivity contribution >= 4 is 23.4 Å². The van der Waals surface area contributed by atoms with Gasteiger partial charge in [-0.2, -0.15) is 0 Å². The minimum absolute atomic E-state index is 0.0993. The van der Waals surface area contributed by atoms with Gasteiger partial charge in [0.2, 0.25) is 5.91 Å².